The molecule has 1 heterocycles. The molecule has 0 amide bonds. The predicted molar refractivity (Wildman–Crippen MR) is 80.5 cm³/mol. The summed E-state index contributed by atoms with van der Waals surface area (Å²) in [6.45, 7) is 0. The average molecular weight is 376 g/mol. The number of nitrogen functional groups attached to an aromatic ring is 2. The Morgan fingerprint density at radius 1 is 1.27 bits per heavy atom. The summed E-state index contributed by atoms with van der Waals surface area (Å²) < 4.78 is 0. The monoisotopic (exact) mass is 376 g/mol. The Bertz CT molecular complexity index is 801. The second-order valence-electron chi connectivity index (χ2n) is 4.55. The maximum Gasteiger partial charge on any atom is 0.423 e. The van der Waals surface area contributed by atoms with E-state index in [0.717, 1.165) is 0 Å². The lowest BCUT2D eigenvalue weighted by atomic mass is 9.95. The second kappa shape index (κ2) is 7.38. The number of rotatable bonds is 4. The van der Waals surface area contributed by atoms with Crippen molar-refractivity contribution in [3.05, 3.63) is 59.6 Å². The fourth-order valence-electron chi connectivity index (χ4n) is 1.70. The number of aliphatic hydroxyl groups is 3. The number of nitro groups is 3. The fraction of sp³-hybridized carbons (Fsp3) is 0.222. The molecule has 1 aliphatic carbocycles. The molecule has 1 aromatic rings. The molecule has 0 aliphatic heterocycles. The number of hydrogen-bond acceptors (Lipinski definition) is 13. The Morgan fingerprint density at radius 2 is 1.85 bits per heavy atom. The van der Waals surface area contributed by atoms with E-state index in [1.807, 2.05) is 0 Å². The third-order valence-corrected chi connectivity index (χ3v) is 2.98. The molecular formula is C9H12N8O9. The van der Waals surface area contributed by atoms with Gasteiger partial charge in [-0.1, -0.05) is 0 Å². The smallest absolute Gasteiger partial charge is 0.423 e. The van der Waals surface area contributed by atoms with E-state index >= 15 is 0 Å². The molecule has 17 nitrogen and oxygen atoms in total. The molecule has 1 aromatic heterocycles. The maximum atomic E-state index is 10.6. The van der Waals surface area contributed by atoms with E-state index in [-0.39, 0.29) is 6.08 Å². The zero-order valence-corrected chi connectivity index (χ0v) is 12.5. The molecule has 17 heteroatoms. The van der Waals surface area contributed by atoms with Gasteiger partial charge < -0.3 is 26.5 Å². The van der Waals surface area contributed by atoms with Gasteiger partial charge in [0.1, 0.15) is 11.6 Å². The number of H-pyrrole nitrogens is 1. The first-order valence-corrected chi connectivity index (χ1v) is 6.23. The van der Waals surface area contributed by atoms with Gasteiger partial charge in [-0.15, -0.1) is 0 Å². The number of nitrogens with zero attached hydrogens (tertiary/aromatic N) is 4. The van der Waals surface area contributed by atoms with Gasteiger partial charge in [-0.2, -0.15) is 5.10 Å². The molecule has 0 saturated heterocycles. The lowest BCUT2D eigenvalue weighted by Gasteiger charge is -2.23. The van der Waals surface area contributed by atoms with Gasteiger partial charge in [-0.3, -0.25) is 35.4 Å². The van der Waals surface area contributed by atoms with Crippen molar-refractivity contribution in [3.8, 4) is 0 Å². The summed E-state index contributed by atoms with van der Waals surface area (Å²) in [5.74, 6) is 4.25. The molecule has 2 unspecified atom stereocenters. The minimum absolute atomic E-state index is 0.137. The van der Waals surface area contributed by atoms with E-state index < -0.39 is 43.8 Å². The van der Waals surface area contributed by atoms with E-state index in [2.05, 4.69) is 15.6 Å². The summed E-state index contributed by atoms with van der Waals surface area (Å²) in [5.41, 5.74) is 1.01. The van der Waals surface area contributed by atoms with Gasteiger partial charge in [0.2, 0.25) is 0 Å². The van der Waals surface area contributed by atoms with Gasteiger partial charge in [0.05, 0.1) is 20.8 Å². The minimum Gasteiger partial charge on any atom is -0.499 e. The van der Waals surface area contributed by atoms with Gasteiger partial charge >= 0.3 is 11.4 Å². The van der Waals surface area contributed by atoms with Crippen LogP contribution in [0.1, 0.15) is 0 Å². The van der Waals surface area contributed by atoms with Gasteiger partial charge in [0, 0.05) is 6.07 Å². The molecule has 0 spiro atoms. The van der Waals surface area contributed by atoms with Crippen LogP contribution in [0.2, 0.25) is 0 Å². The first kappa shape index (κ1) is 20.2. The van der Waals surface area contributed by atoms with Crippen LogP contribution in [0.25, 0.3) is 0 Å². The Kier molecular flexibility index (Phi) is 5.74. The standard InChI is InChI=1S/C6H5N3O9.C3H7N5/c10-4-2(7(13)14)1-3(8(15)16)5(11)6(4,12)9(17)18;4-2-1-3(6-5)8-7-2/h1,4,10-12H;1H,5H2,(H4,4,6,7,8). The highest BCUT2D eigenvalue weighted by atomic mass is 16.7. The highest BCUT2D eigenvalue weighted by Gasteiger charge is 2.64. The van der Waals surface area contributed by atoms with Crippen LogP contribution in [0.5, 0.6) is 0 Å². The van der Waals surface area contributed by atoms with E-state index in [1.54, 1.807) is 6.07 Å². The number of hydrogen-bond donors (Lipinski definition) is 7. The van der Waals surface area contributed by atoms with E-state index in [4.69, 9.17) is 11.6 Å². The van der Waals surface area contributed by atoms with Crippen LogP contribution >= 0.6 is 0 Å². The van der Waals surface area contributed by atoms with Crippen molar-refractivity contribution in [2.45, 2.75) is 11.8 Å². The Morgan fingerprint density at radius 3 is 2.15 bits per heavy atom. The summed E-state index contributed by atoms with van der Waals surface area (Å²) in [5, 5.41) is 65.5. The quantitative estimate of drug-likeness (QED) is 0.127. The van der Waals surface area contributed by atoms with Gasteiger partial charge in [0.25, 0.3) is 17.6 Å². The SMILES string of the molecule is NNc1cc(N)n[nH]1.O=[N+]([O-])C1=CC([N+](=O)[O-])=C(O)C(O)([N+](=O)[O-])C1O. The number of aromatic amines is 1. The molecule has 2 rings (SSSR count). The normalized spacial score (nSPS) is 22.0. The van der Waals surface area contributed by atoms with Crippen molar-refractivity contribution >= 4 is 11.6 Å². The molecular weight excluding hydrogens is 364 g/mol. The highest BCUT2D eigenvalue weighted by Crippen LogP contribution is 2.33. The third-order valence-electron chi connectivity index (χ3n) is 2.98. The maximum absolute atomic E-state index is 10.6. The van der Waals surface area contributed by atoms with Crippen LogP contribution in [0.15, 0.2) is 29.3 Å². The summed E-state index contributed by atoms with van der Waals surface area (Å²) in [6, 6.07) is 1.60. The molecule has 0 radical (unpaired) electrons. The van der Waals surface area contributed by atoms with Crippen LogP contribution in [0.4, 0.5) is 11.6 Å². The Balaban J connectivity index is 0.000000350. The molecule has 9 N–H and O–H groups in total. The topological polar surface area (TPSA) is 283 Å². The number of anilines is 2. The molecule has 26 heavy (non-hydrogen) atoms. The van der Waals surface area contributed by atoms with Crippen LogP contribution < -0.4 is 17.0 Å². The second-order valence-corrected chi connectivity index (χ2v) is 4.55. The predicted octanol–water partition coefficient (Wildman–Crippen LogP) is -2.19. The van der Waals surface area contributed by atoms with Gasteiger partial charge in [0.15, 0.2) is 0 Å². The number of nitrogens with two attached hydrogens (primary N) is 2. The molecule has 1 aliphatic rings. The molecule has 0 aromatic carbocycles. The number of nitrogens with one attached hydrogen (secondary N) is 2. The van der Waals surface area contributed by atoms with Crippen molar-refractivity contribution < 1.29 is 30.1 Å². The molecule has 0 fully saturated rings. The summed E-state index contributed by atoms with van der Waals surface area (Å²) >= 11 is 0. The van der Waals surface area contributed by atoms with Crippen molar-refractivity contribution in [1.29, 1.82) is 0 Å². The van der Waals surface area contributed by atoms with Crippen molar-refractivity contribution in [2.75, 3.05) is 11.2 Å². The van der Waals surface area contributed by atoms with Gasteiger partial charge in [-0.05, 0) is 0 Å². The van der Waals surface area contributed by atoms with Crippen LogP contribution in [0, 0.1) is 30.3 Å². The number of aliphatic hydroxyl groups excluding tert-OH is 2. The highest BCUT2D eigenvalue weighted by molar-refractivity contribution is 5.42. The zero-order chi connectivity index (χ0) is 20.2. The van der Waals surface area contributed by atoms with Gasteiger partial charge in [-0.25, -0.2) is 5.84 Å². The van der Waals surface area contributed by atoms with Crippen LogP contribution in [-0.2, 0) is 0 Å². The Labute approximate surface area is 141 Å². The van der Waals surface area contributed by atoms with Crippen LogP contribution in [0.3, 0.4) is 0 Å². The molecule has 0 bridgehead atoms. The molecule has 142 valence electrons. The molecule has 2 atom stereocenters. The van der Waals surface area contributed by atoms with Crippen molar-refractivity contribution in [3.63, 3.8) is 0 Å². The zero-order valence-electron chi connectivity index (χ0n) is 12.5. The van der Waals surface area contributed by atoms with E-state index in [1.165, 1.54) is 0 Å². The number of hydrazine groups is 1. The minimum atomic E-state index is -3.74. The van der Waals surface area contributed by atoms with E-state index in [9.17, 15) is 45.7 Å². The fourth-order valence-corrected chi connectivity index (χ4v) is 1.70. The number of aromatic nitrogens is 2. The van der Waals surface area contributed by atoms with Crippen molar-refractivity contribution in [1.82, 2.24) is 10.2 Å². The largest absolute Gasteiger partial charge is 0.499 e. The summed E-state index contributed by atoms with van der Waals surface area (Å²) in [6.07, 6.45) is -2.61. The van der Waals surface area contributed by atoms with E-state index in [0.29, 0.717) is 11.6 Å². The Hall–Kier alpha value is -3.83. The average Bonchev–Trinajstić information content (AvgIpc) is 2.98. The third kappa shape index (κ3) is 3.63. The molecule has 0 saturated carbocycles. The first-order chi connectivity index (χ1) is 12.0. The first-order valence-electron chi connectivity index (χ1n) is 6.23. The summed E-state index contributed by atoms with van der Waals surface area (Å²) in [4.78, 5) is 27.1. The lowest BCUT2D eigenvalue weighted by Crippen LogP contribution is -2.55. The van der Waals surface area contributed by atoms with Crippen molar-refractivity contribution in [2.24, 2.45) is 5.84 Å². The summed E-state index contributed by atoms with van der Waals surface area (Å²) in [7, 11) is 0. The number of allylic oxidation sites excluding steroid dienone is 1. The lowest BCUT2D eigenvalue weighted by molar-refractivity contribution is -0.636. The van der Waals surface area contributed by atoms with Crippen LogP contribution in [-0.4, -0.2) is 52.1 Å².